The van der Waals surface area contributed by atoms with Crippen molar-refractivity contribution in [3.63, 3.8) is 0 Å². The standard InChI is InChI=1S/C14H24BrN5O/c1-18(2)7-8-20-14(21)13(15)12(10-17-20)19-5-3-11(9-16)4-6-19/h10-11H,3-9,16H2,1-2H3. The molecule has 1 aromatic heterocycles. The second-order valence-corrected chi connectivity index (χ2v) is 6.63. The lowest BCUT2D eigenvalue weighted by molar-refractivity contribution is 0.366. The van der Waals surface area contributed by atoms with Crippen molar-refractivity contribution >= 4 is 21.6 Å². The monoisotopic (exact) mass is 357 g/mol. The van der Waals surface area contributed by atoms with Crippen LogP contribution in [0.2, 0.25) is 0 Å². The third-order valence-electron chi connectivity index (χ3n) is 4.01. The van der Waals surface area contributed by atoms with Crippen molar-refractivity contribution in [2.24, 2.45) is 11.7 Å². The predicted octanol–water partition coefficient (Wildman–Crippen LogP) is 0.743. The van der Waals surface area contributed by atoms with Gasteiger partial charge in [0.25, 0.3) is 5.56 Å². The lowest BCUT2D eigenvalue weighted by atomic mass is 9.97. The zero-order valence-corrected chi connectivity index (χ0v) is 14.3. The van der Waals surface area contributed by atoms with Crippen LogP contribution in [0, 0.1) is 5.92 Å². The Bertz CT molecular complexity index is 523. The molecule has 2 N–H and O–H groups in total. The molecule has 1 aromatic rings. The lowest BCUT2D eigenvalue weighted by Gasteiger charge is -2.33. The van der Waals surface area contributed by atoms with Gasteiger partial charge < -0.3 is 15.5 Å². The highest BCUT2D eigenvalue weighted by atomic mass is 79.9. The number of hydrogen-bond donors (Lipinski definition) is 1. The minimum absolute atomic E-state index is 0.0599. The average molecular weight is 358 g/mol. The molecule has 1 aliphatic heterocycles. The van der Waals surface area contributed by atoms with Crippen LogP contribution in [-0.2, 0) is 6.54 Å². The number of nitrogens with two attached hydrogens (primary N) is 1. The fourth-order valence-electron chi connectivity index (χ4n) is 2.54. The Morgan fingerprint density at radius 1 is 1.43 bits per heavy atom. The second-order valence-electron chi connectivity index (χ2n) is 5.84. The molecule has 7 heteroatoms. The molecule has 1 saturated heterocycles. The molecule has 2 heterocycles. The Hall–Kier alpha value is -0.920. The first-order valence-corrected chi connectivity index (χ1v) is 8.17. The summed E-state index contributed by atoms with van der Waals surface area (Å²) in [6.07, 6.45) is 3.95. The molecule has 0 amide bonds. The van der Waals surface area contributed by atoms with E-state index < -0.39 is 0 Å². The second kappa shape index (κ2) is 7.38. The van der Waals surface area contributed by atoms with Crippen molar-refractivity contribution < 1.29 is 0 Å². The quantitative estimate of drug-likeness (QED) is 0.841. The Labute approximate surface area is 134 Å². The minimum atomic E-state index is -0.0599. The third-order valence-corrected chi connectivity index (χ3v) is 4.76. The van der Waals surface area contributed by atoms with E-state index in [1.165, 1.54) is 4.68 Å². The topological polar surface area (TPSA) is 67.4 Å². The van der Waals surface area contributed by atoms with Crippen LogP contribution in [0.4, 0.5) is 5.69 Å². The summed E-state index contributed by atoms with van der Waals surface area (Å²) in [6.45, 7) is 4.01. The van der Waals surface area contributed by atoms with Gasteiger partial charge in [-0.15, -0.1) is 0 Å². The molecular weight excluding hydrogens is 334 g/mol. The lowest BCUT2D eigenvalue weighted by Crippen LogP contribution is -2.38. The maximum absolute atomic E-state index is 12.4. The molecule has 0 radical (unpaired) electrons. The van der Waals surface area contributed by atoms with Crippen LogP contribution in [0.5, 0.6) is 0 Å². The van der Waals surface area contributed by atoms with Crippen molar-refractivity contribution in [1.82, 2.24) is 14.7 Å². The van der Waals surface area contributed by atoms with Gasteiger partial charge >= 0.3 is 0 Å². The summed E-state index contributed by atoms with van der Waals surface area (Å²) in [5.41, 5.74) is 6.56. The van der Waals surface area contributed by atoms with E-state index in [1.807, 2.05) is 19.0 Å². The maximum atomic E-state index is 12.4. The summed E-state index contributed by atoms with van der Waals surface area (Å²) >= 11 is 3.45. The molecule has 1 aliphatic rings. The summed E-state index contributed by atoms with van der Waals surface area (Å²) in [6, 6.07) is 0. The van der Waals surface area contributed by atoms with E-state index in [0.717, 1.165) is 44.7 Å². The van der Waals surface area contributed by atoms with Gasteiger partial charge in [-0.05, 0) is 55.3 Å². The normalized spacial score (nSPS) is 16.7. The highest BCUT2D eigenvalue weighted by Gasteiger charge is 2.21. The highest BCUT2D eigenvalue weighted by molar-refractivity contribution is 9.10. The molecular formula is C14H24BrN5O. The third kappa shape index (κ3) is 4.05. The summed E-state index contributed by atoms with van der Waals surface area (Å²) < 4.78 is 2.13. The van der Waals surface area contributed by atoms with Crippen LogP contribution in [0.25, 0.3) is 0 Å². The number of likely N-dealkylation sites (N-methyl/N-ethyl adjacent to an activating group) is 1. The van der Waals surface area contributed by atoms with Crippen LogP contribution >= 0.6 is 15.9 Å². The van der Waals surface area contributed by atoms with Gasteiger partial charge in [0, 0.05) is 19.6 Å². The van der Waals surface area contributed by atoms with Crippen LogP contribution < -0.4 is 16.2 Å². The number of piperidine rings is 1. The summed E-state index contributed by atoms with van der Waals surface area (Å²) in [4.78, 5) is 16.6. The van der Waals surface area contributed by atoms with Crippen LogP contribution in [0.3, 0.4) is 0 Å². The first-order valence-electron chi connectivity index (χ1n) is 7.38. The van der Waals surface area contributed by atoms with Gasteiger partial charge in [0.2, 0.25) is 0 Å². The SMILES string of the molecule is CN(C)CCn1ncc(N2CCC(CN)CC2)c(Br)c1=O. The minimum Gasteiger partial charge on any atom is -0.369 e. The first kappa shape index (κ1) is 16.5. The van der Waals surface area contributed by atoms with Crippen molar-refractivity contribution in [3.05, 3.63) is 21.0 Å². The van der Waals surface area contributed by atoms with Gasteiger partial charge in [-0.1, -0.05) is 0 Å². The van der Waals surface area contributed by atoms with Crippen molar-refractivity contribution in [2.75, 3.05) is 45.2 Å². The van der Waals surface area contributed by atoms with Gasteiger partial charge in [0.1, 0.15) is 4.47 Å². The highest BCUT2D eigenvalue weighted by Crippen LogP contribution is 2.26. The molecule has 21 heavy (non-hydrogen) atoms. The maximum Gasteiger partial charge on any atom is 0.283 e. The van der Waals surface area contributed by atoms with E-state index >= 15 is 0 Å². The molecule has 118 valence electrons. The fourth-order valence-corrected chi connectivity index (χ4v) is 3.10. The van der Waals surface area contributed by atoms with Crippen LogP contribution in [0.1, 0.15) is 12.8 Å². The fraction of sp³-hybridized carbons (Fsp3) is 0.714. The smallest absolute Gasteiger partial charge is 0.283 e. The number of halogens is 1. The molecule has 6 nitrogen and oxygen atoms in total. The molecule has 1 fully saturated rings. The molecule has 0 aromatic carbocycles. The molecule has 0 bridgehead atoms. The average Bonchev–Trinajstić information content (AvgIpc) is 2.49. The van der Waals surface area contributed by atoms with E-state index in [9.17, 15) is 4.79 Å². The number of rotatable bonds is 5. The van der Waals surface area contributed by atoms with E-state index in [0.29, 0.717) is 16.9 Å². The Morgan fingerprint density at radius 3 is 2.67 bits per heavy atom. The predicted molar refractivity (Wildman–Crippen MR) is 88.7 cm³/mol. The number of aromatic nitrogens is 2. The van der Waals surface area contributed by atoms with Gasteiger partial charge in [-0.25, -0.2) is 4.68 Å². The first-order chi connectivity index (χ1) is 10.0. The molecule has 2 rings (SSSR count). The summed E-state index contributed by atoms with van der Waals surface area (Å²) in [5.74, 6) is 0.605. The number of hydrogen-bond acceptors (Lipinski definition) is 5. The number of anilines is 1. The molecule has 0 unspecified atom stereocenters. The van der Waals surface area contributed by atoms with Gasteiger partial charge in [0.05, 0.1) is 18.4 Å². The van der Waals surface area contributed by atoms with Crippen LogP contribution in [0.15, 0.2) is 15.5 Å². The largest absolute Gasteiger partial charge is 0.369 e. The van der Waals surface area contributed by atoms with Crippen molar-refractivity contribution in [2.45, 2.75) is 19.4 Å². The van der Waals surface area contributed by atoms with E-state index in [-0.39, 0.29) is 5.56 Å². The Morgan fingerprint density at radius 2 is 2.10 bits per heavy atom. The summed E-state index contributed by atoms with van der Waals surface area (Å²) in [5, 5.41) is 4.31. The van der Waals surface area contributed by atoms with E-state index in [4.69, 9.17) is 5.73 Å². The van der Waals surface area contributed by atoms with E-state index in [1.54, 1.807) is 6.20 Å². The Balaban J connectivity index is 2.12. The van der Waals surface area contributed by atoms with Crippen molar-refractivity contribution in [1.29, 1.82) is 0 Å². The zero-order chi connectivity index (χ0) is 15.4. The van der Waals surface area contributed by atoms with E-state index in [2.05, 4.69) is 25.9 Å². The molecule has 0 saturated carbocycles. The zero-order valence-electron chi connectivity index (χ0n) is 12.8. The van der Waals surface area contributed by atoms with Gasteiger partial charge in [-0.2, -0.15) is 5.10 Å². The van der Waals surface area contributed by atoms with Gasteiger partial charge in [-0.3, -0.25) is 4.79 Å². The molecule has 0 spiro atoms. The Kier molecular flexibility index (Phi) is 5.78. The molecule has 0 atom stereocenters. The number of nitrogens with zero attached hydrogens (tertiary/aromatic N) is 4. The van der Waals surface area contributed by atoms with Gasteiger partial charge in [0.15, 0.2) is 0 Å². The van der Waals surface area contributed by atoms with Crippen molar-refractivity contribution in [3.8, 4) is 0 Å². The van der Waals surface area contributed by atoms with Crippen LogP contribution in [-0.4, -0.2) is 55.0 Å². The summed E-state index contributed by atoms with van der Waals surface area (Å²) in [7, 11) is 3.96. The molecule has 0 aliphatic carbocycles.